The van der Waals surface area contributed by atoms with Crippen molar-refractivity contribution >= 4 is 60.1 Å². The van der Waals surface area contributed by atoms with Crippen molar-refractivity contribution in [2.75, 3.05) is 10.6 Å². The Morgan fingerprint density at radius 2 is 2.09 bits per heavy atom. The molecule has 1 aromatic carbocycles. The number of halogens is 1. The molecule has 112 valence electrons. The third kappa shape index (κ3) is 3.18. The first-order valence-electron chi connectivity index (χ1n) is 6.25. The summed E-state index contributed by atoms with van der Waals surface area (Å²) in [5.41, 5.74) is 1.85. The molecular formula is C14H10BrN3O3S. The summed E-state index contributed by atoms with van der Waals surface area (Å²) in [5.74, 6) is -0.432. The fourth-order valence-corrected chi connectivity index (χ4v) is 3.10. The number of hydrogen-bond donors (Lipinski definition) is 2. The van der Waals surface area contributed by atoms with Crippen LogP contribution in [-0.2, 0) is 4.79 Å². The molecule has 0 unspecified atom stereocenters. The van der Waals surface area contributed by atoms with Gasteiger partial charge in [-0.05, 0) is 34.1 Å². The van der Waals surface area contributed by atoms with Gasteiger partial charge in [-0.25, -0.2) is 4.98 Å². The Balaban J connectivity index is 1.82. The van der Waals surface area contributed by atoms with Crippen molar-refractivity contribution in [1.29, 1.82) is 0 Å². The molecule has 2 aromatic heterocycles. The summed E-state index contributed by atoms with van der Waals surface area (Å²) in [7, 11) is 0. The van der Waals surface area contributed by atoms with E-state index in [0.29, 0.717) is 21.1 Å². The summed E-state index contributed by atoms with van der Waals surface area (Å²) in [6.07, 6.45) is 1.36. The maximum Gasteiger partial charge on any atom is 0.260 e. The molecule has 2 heterocycles. The molecular weight excluding hydrogens is 370 g/mol. The number of thiazole rings is 1. The van der Waals surface area contributed by atoms with Crippen molar-refractivity contribution in [2.45, 2.75) is 6.92 Å². The zero-order valence-electron chi connectivity index (χ0n) is 11.3. The Morgan fingerprint density at radius 1 is 1.27 bits per heavy atom. The van der Waals surface area contributed by atoms with Crippen molar-refractivity contribution in [1.82, 2.24) is 4.98 Å². The number of anilines is 2. The van der Waals surface area contributed by atoms with Crippen LogP contribution in [0.25, 0.3) is 10.2 Å². The normalized spacial score (nSPS) is 10.6. The maximum atomic E-state index is 12.0. The number of nitrogens with one attached hydrogen (secondary N) is 2. The van der Waals surface area contributed by atoms with Gasteiger partial charge in [-0.1, -0.05) is 11.3 Å². The van der Waals surface area contributed by atoms with Crippen LogP contribution in [-0.4, -0.2) is 16.8 Å². The third-order valence-electron chi connectivity index (χ3n) is 2.76. The second kappa shape index (κ2) is 5.90. The predicted molar refractivity (Wildman–Crippen MR) is 88.3 cm³/mol. The van der Waals surface area contributed by atoms with Gasteiger partial charge in [0.1, 0.15) is 6.26 Å². The summed E-state index contributed by atoms with van der Waals surface area (Å²) in [6.45, 7) is 1.45. The molecule has 0 spiro atoms. The summed E-state index contributed by atoms with van der Waals surface area (Å²) >= 11 is 4.48. The molecule has 3 rings (SSSR count). The fraction of sp³-hybridized carbons (Fsp3) is 0.0714. The van der Waals surface area contributed by atoms with E-state index < -0.39 is 0 Å². The van der Waals surface area contributed by atoms with Crippen molar-refractivity contribution in [2.24, 2.45) is 0 Å². The molecule has 0 aliphatic heterocycles. The lowest BCUT2D eigenvalue weighted by Gasteiger charge is -1.99. The number of carbonyl (C=O) groups excluding carboxylic acids is 2. The molecule has 0 fully saturated rings. The molecule has 0 bridgehead atoms. The smallest absolute Gasteiger partial charge is 0.260 e. The van der Waals surface area contributed by atoms with Gasteiger partial charge in [-0.3, -0.25) is 14.9 Å². The van der Waals surface area contributed by atoms with Gasteiger partial charge < -0.3 is 9.73 Å². The van der Waals surface area contributed by atoms with E-state index in [0.717, 1.165) is 10.2 Å². The average Bonchev–Trinajstić information content (AvgIpc) is 3.03. The lowest BCUT2D eigenvalue weighted by atomic mass is 10.3. The van der Waals surface area contributed by atoms with E-state index in [1.807, 2.05) is 6.07 Å². The standard InChI is InChI=1S/C14H10BrN3O3S/c1-7(19)16-9-2-3-10-11(5-9)22-14(17-10)18-13(20)8-4-12(15)21-6-8/h2-6H,1H3,(H,16,19)(H,17,18,20). The Hall–Kier alpha value is -2.19. The maximum absolute atomic E-state index is 12.0. The van der Waals surface area contributed by atoms with Gasteiger partial charge in [0.25, 0.3) is 5.91 Å². The van der Waals surface area contributed by atoms with E-state index in [4.69, 9.17) is 4.42 Å². The number of hydrogen-bond acceptors (Lipinski definition) is 5. The van der Waals surface area contributed by atoms with Crippen LogP contribution in [0.4, 0.5) is 10.8 Å². The van der Waals surface area contributed by atoms with Crippen LogP contribution in [0, 0.1) is 0 Å². The summed E-state index contributed by atoms with van der Waals surface area (Å²) in [4.78, 5) is 27.4. The highest BCUT2D eigenvalue weighted by Crippen LogP contribution is 2.29. The number of furan rings is 1. The van der Waals surface area contributed by atoms with Crippen LogP contribution < -0.4 is 10.6 Å². The van der Waals surface area contributed by atoms with Crippen LogP contribution in [0.5, 0.6) is 0 Å². The average molecular weight is 380 g/mol. The van der Waals surface area contributed by atoms with Gasteiger partial charge in [-0.2, -0.15) is 0 Å². The number of benzene rings is 1. The van der Waals surface area contributed by atoms with E-state index in [-0.39, 0.29) is 11.8 Å². The van der Waals surface area contributed by atoms with Crippen LogP contribution >= 0.6 is 27.3 Å². The molecule has 6 nitrogen and oxygen atoms in total. The molecule has 8 heteroatoms. The molecule has 2 amide bonds. The van der Waals surface area contributed by atoms with Crippen LogP contribution in [0.2, 0.25) is 0 Å². The SMILES string of the molecule is CC(=O)Nc1ccc2nc(NC(=O)c3coc(Br)c3)sc2c1. The molecule has 0 saturated heterocycles. The molecule has 22 heavy (non-hydrogen) atoms. The first-order chi connectivity index (χ1) is 10.5. The zero-order valence-corrected chi connectivity index (χ0v) is 13.7. The summed E-state index contributed by atoms with van der Waals surface area (Å²) in [6, 6.07) is 6.96. The minimum absolute atomic E-state index is 0.136. The minimum Gasteiger partial charge on any atom is -0.457 e. The monoisotopic (exact) mass is 379 g/mol. The van der Waals surface area contributed by atoms with Gasteiger partial charge in [-0.15, -0.1) is 0 Å². The zero-order chi connectivity index (χ0) is 15.7. The Kier molecular flexibility index (Phi) is 3.95. The highest BCUT2D eigenvalue weighted by molar-refractivity contribution is 9.10. The van der Waals surface area contributed by atoms with Gasteiger partial charge in [0.2, 0.25) is 5.91 Å². The van der Waals surface area contributed by atoms with E-state index in [2.05, 4.69) is 31.5 Å². The number of amides is 2. The third-order valence-corrected chi connectivity index (χ3v) is 4.11. The quantitative estimate of drug-likeness (QED) is 0.723. The van der Waals surface area contributed by atoms with E-state index in [1.54, 1.807) is 18.2 Å². The van der Waals surface area contributed by atoms with Gasteiger partial charge in [0, 0.05) is 18.7 Å². The Bertz CT molecular complexity index is 871. The van der Waals surface area contributed by atoms with Crippen molar-refractivity contribution < 1.29 is 14.0 Å². The highest BCUT2D eigenvalue weighted by atomic mass is 79.9. The Labute approximate surface area is 137 Å². The fourth-order valence-electron chi connectivity index (χ4n) is 1.86. The van der Waals surface area contributed by atoms with Gasteiger partial charge >= 0.3 is 0 Å². The molecule has 2 N–H and O–H groups in total. The number of fused-ring (bicyclic) bond motifs is 1. The van der Waals surface area contributed by atoms with Crippen molar-refractivity contribution in [3.8, 4) is 0 Å². The van der Waals surface area contributed by atoms with Crippen LogP contribution in [0.3, 0.4) is 0 Å². The molecule has 0 aliphatic rings. The lowest BCUT2D eigenvalue weighted by Crippen LogP contribution is -2.10. The molecule has 0 aliphatic carbocycles. The number of carbonyl (C=O) groups is 2. The Morgan fingerprint density at radius 3 is 2.77 bits per heavy atom. The van der Waals surface area contributed by atoms with Gasteiger partial charge in [0.05, 0.1) is 15.8 Å². The summed E-state index contributed by atoms with van der Waals surface area (Å²) in [5, 5.41) is 5.92. The first kappa shape index (κ1) is 14.7. The van der Waals surface area contributed by atoms with Crippen LogP contribution in [0.1, 0.15) is 17.3 Å². The minimum atomic E-state index is -0.296. The predicted octanol–water partition coefficient (Wildman–Crippen LogP) is 3.86. The molecule has 0 saturated carbocycles. The van der Waals surface area contributed by atoms with E-state index in [9.17, 15) is 9.59 Å². The topological polar surface area (TPSA) is 84.2 Å². The van der Waals surface area contributed by atoms with Crippen molar-refractivity contribution in [3.05, 3.63) is 40.8 Å². The first-order valence-corrected chi connectivity index (χ1v) is 7.86. The second-order valence-electron chi connectivity index (χ2n) is 4.48. The highest BCUT2D eigenvalue weighted by Gasteiger charge is 2.12. The number of rotatable bonds is 3. The van der Waals surface area contributed by atoms with E-state index >= 15 is 0 Å². The largest absolute Gasteiger partial charge is 0.457 e. The van der Waals surface area contributed by atoms with E-state index in [1.165, 1.54) is 24.5 Å². The molecule has 3 aromatic rings. The van der Waals surface area contributed by atoms with Crippen LogP contribution in [0.15, 0.2) is 39.6 Å². The number of nitrogens with zero attached hydrogens (tertiary/aromatic N) is 1. The molecule has 0 radical (unpaired) electrons. The summed E-state index contributed by atoms with van der Waals surface area (Å²) < 4.78 is 6.39. The number of aromatic nitrogens is 1. The van der Waals surface area contributed by atoms with Crippen molar-refractivity contribution in [3.63, 3.8) is 0 Å². The second-order valence-corrected chi connectivity index (χ2v) is 6.29. The van der Waals surface area contributed by atoms with Gasteiger partial charge in [0.15, 0.2) is 9.80 Å². The molecule has 0 atom stereocenters. The lowest BCUT2D eigenvalue weighted by molar-refractivity contribution is -0.114.